The van der Waals surface area contributed by atoms with Crippen LogP contribution in [0.15, 0.2) is 65.7 Å². The fourth-order valence-corrected chi connectivity index (χ4v) is 2.71. The van der Waals surface area contributed by atoms with Gasteiger partial charge in [0.2, 0.25) is 5.56 Å². The molecule has 3 rings (SSSR count). The van der Waals surface area contributed by atoms with Crippen LogP contribution in [-0.2, 0) is 13.2 Å². The van der Waals surface area contributed by atoms with E-state index >= 15 is 0 Å². The molecule has 150 valence electrons. The van der Waals surface area contributed by atoms with Crippen LogP contribution in [0.4, 0.5) is 30.4 Å². The van der Waals surface area contributed by atoms with Crippen LogP contribution in [0, 0.1) is 0 Å². The van der Waals surface area contributed by atoms with Gasteiger partial charge in [-0.25, -0.2) is 4.98 Å². The van der Waals surface area contributed by atoms with Gasteiger partial charge in [0.25, 0.3) is 5.91 Å². The SMILES string of the molecule is CN(c1ccc(=O)n(C)c1)c1ncccc1C(=O)Nc1cccc(C(F)(F)F)c1. The van der Waals surface area contributed by atoms with Crippen molar-refractivity contribution >= 4 is 23.1 Å². The lowest BCUT2D eigenvalue weighted by Gasteiger charge is -2.21. The van der Waals surface area contributed by atoms with Gasteiger partial charge in [0.15, 0.2) is 0 Å². The minimum absolute atomic E-state index is 0.0180. The summed E-state index contributed by atoms with van der Waals surface area (Å²) in [5.41, 5.74) is -0.251. The van der Waals surface area contributed by atoms with E-state index in [0.717, 1.165) is 12.1 Å². The van der Waals surface area contributed by atoms with Gasteiger partial charge < -0.3 is 14.8 Å². The molecule has 1 N–H and O–H groups in total. The number of aromatic nitrogens is 2. The van der Waals surface area contributed by atoms with Crippen LogP contribution in [-0.4, -0.2) is 22.5 Å². The standard InChI is InChI=1S/C20H17F3N4O2/c1-26-12-15(8-9-17(26)28)27(2)18-16(7-4-10-24-18)19(29)25-14-6-3-5-13(11-14)20(21,22)23/h3-12H,1-2H3,(H,25,29). The second-order valence-electron chi connectivity index (χ2n) is 6.30. The number of rotatable bonds is 4. The summed E-state index contributed by atoms with van der Waals surface area (Å²) in [4.78, 5) is 30.2. The second-order valence-corrected chi connectivity index (χ2v) is 6.30. The number of carbonyl (C=O) groups is 1. The molecule has 29 heavy (non-hydrogen) atoms. The quantitative estimate of drug-likeness (QED) is 0.721. The van der Waals surface area contributed by atoms with E-state index in [4.69, 9.17) is 0 Å². The summed E-state index contributed by atoms with van der Waals surface area (Å²) in [5.74, 6) is -0.320. The lowest BCUT2D eigenvalue weighted by molar-refractivity contribution is -0.137. The van der Waals surface area contributed by atoms with Crippen molar-refractivity contribution in [3.05, 3.63) is 82.4 Å². The van der Waals surface area contributed by atoms with Crippen LogP contribution in [0.2, 0.25) is 0 Å². The summed E-state index contributed by atoms with van der Waals surface area (Å²) in [7, 11) is 3.27. The number of hydrogen-bond acceptors (Lipinski definition) is 4. The lowest BCUT2D eigenvalue weighted by atomic mass is 10.1. The predicted octanol–water partition coefficient (Wildman–Crippen LogP) is 3.82. The average Bonchev–Trinajstić information content (AvgIpc) is 2.69. The minimum atomic E-state index is -4.51. The molecule has 0 aliphatic rings. The molecule has 0 atom stereocenters. The number of nitrogens with one attached hydrogen (secondary N) is 1. The van der Waals surface area contributed by atoms with Crippen LogP contribution in [0.25, 0.3) is 0 Å². The predicted molar refractivity (Wildman–Crippen MR) is 103 cm³/mol. The Morgan fingerprint density at radius 1 is 1.14 bits per heavy atom. The Balaban J connectivity index is 1.91. The van der Waals surface area contributed by atoms with Crippen molar-refractivity contribution in [1.29, 1.82) is 0 Å². The van der Waals surface area contributed by atoms with Gasteiger partial charge in [0.1, 0.15) is 5.82 Å². The molecule has 0 saturated carbocycles. The van der Waals surface area contributed by atoms with Gasteiger partial charge in [0.05, 0.1) is 16.8 Å². The fourth-order valence-electron chi connectivity index (χ4n) is 2.71. The molecule has 1 amide bonds. The molecule has 0 radical (unpaired) electrons. The third kappa shape index (κ3) is 4.45. The van der Waals surface area contributed by atoms with E-state index < -0.39 is 17.6 Å². The summed E-state index contributed by atoms with van der Waals surface area (Å²) >= 11 is 0. The van der Waals surface area contributed by atoms with Gasteiger partial charge in [-0.15, -0.1) is 0 Å². The summed E-state index contributed by atoms with van der Waals surface area (Å²) in [6.07, 6.45) is -1.43. The molecule has 0 unspecified atom stereocenters. The first-order valence-electron chi connectivity index (χ1n) is 8.51. The first-order chi connectivity index (χ1) is 13.7. The Hall–Kier alpha value is -3.62. The number of halogens is 3. The Morgan fingerprint density at radius 3 is 2.59 bits per heavy atom. The molecule has 2 heterocycles. The molecule has 6 nitrogen and oxygen atoms in total. The van der Waals surface area contributed by atoms with Gasteiger partial charge in [0, 0.05) is 38.2 Å². The van der Waals surface area contributed by atoms with E-state index in [0.29, 0.717) is 5.69 Å². The highest BCUT2D eigenvalue weighted by atomic mass is 19.4. The molecule has 9 heteroatoms. The van der Waals surface area contributed by atoms with E-state index in [1.807, 2.05) is 0 Å². The minimum Gasteiger partial charge on any atom is -0.328 e. The van der Waals surface area contributed by atoms with Gasteiger partial charge >= 0.3 is 6.18 Å². The van der Waals surface area contributed by atoms with Crippen molar-refractivity contribution < 1.29 is 18.0 Å². The Labute approximate surface area is 164 Å². The van der Waals surface area contributed by atoms with Gasteiger partial charge in [-0.2, -0.15) is 13.2 Å². The Bertz CT molecular complexity index is 1110. The maximum atomic E-state index is 12.9. The molecule has 0 bridgehead atoms. The number of pyridine rings is 2. The number of carbonyl (C=O) groups excluding carboxylic acids is 1. The van der Waals surface area contributed by atoms with Gasteiger partial charge in [-0.05, 0) is 36.4 Å². The molecular formula is C20H17F3N4O2. The topological polar surface area (TPSA) is 67.2 Å². The monoisotopic (exact) mass is 402 g/mol. The van der Waals surface area contributed by atoms with Crippen LogP contribution < -0.4 is 15.8 Å². The smallest absolute Gasteiger partial charge is 0.328 e. The summed E-state index contributed by atoms with van der Waals surface area (Å²) in [6, 6.07) is 10.4. The highest BCUT2D eigenvalue weighted by Crippen LogP contribution is 2.31. The van der Waals surface area contributed by atoms with E-state index in [-0.39, 0.29) is 22.6 Å². The zero-order chi connectivity index (χ0) is 21.2. The third-order valence-corrected chi connectivity index (χ3v) is 4.25. The van der Waals surface area contributed by atoms with Crippen molar-refractivity contribution in [3.63, 3.8) is 0 Å². The number of alkyl halides is 3. The second kappa shape index (κ2) is 7.78. The van der Waals surface area contributed by atoms with Crippen molar-refractivity contribution in [2.45, 2.75) is 6.18 Å². The van der Waals surface area contributed by atoms with Crippen molar-refractivity contribution in [2.75, 3.05) is 17.3 Å². The Morgan fingerprint density at radius 2 is 1.90 bits per heavy atom. The largest absolute Gasteiger partial charge is 0.416 e. The summed E-state index contributed by atoms with van der Waals surface area (Å²) in [5, 5.41) is 2.48. The first-order valence-corrected chi connectivity index (χ1v) is 8.51. The van der Waals surface area contributed by atoms with Crippen molar-refractivity contribution in [2.24, 2.45) is 7.05 Å². The van der Waals surface area contributed by atoms with Gasteiger partial charge in [-0.3, -0.25) is 9.59 Å². The lowest BCUT2D eigenvalue weighted by Crippen LogP contribution is -2.22. The molecule has 3 aromatic rings. The molecule has 0 spiro atoms. The molecular weight excluding hydrogens is 385 g/mol. The van der Waals surface area contributed by atoms with Crippen LogP contribution in [0.3, 0.4) is 0 Å². The zero-order valence-corrected chi connectivity index (χ0v) is 15.6. The molecule has 1 aromatic carbocycles. The van der Waals surface area contributed by atoms with Crippen LogP contribution in [0.1, 0.15) is 15.9 Å². The van der Waals surface area contributed by atoms with E-state index in [2.05, 4.69) is 10.3 Å². The van der Waals surface area contributed by atoms with Crippen molar-refractivity contribution in [1.82, 2.24) is 9.55 Å². The van der Waals surface area contributed by atoms with E-state index in [9.17, 15) is 22.8 Å². The normalized spacial score (nSPS) is 11.2. The summed E-state index contributed by atoms with van der Waals surface area (Å²) in [6.45, 7) is 0. The Kier molecular flexibility index (Phi) is 5.40. The summed E-state index contributed by atoms with van der Waals surface area (Å²) < 4.78 is 40.1. The van der Waals surface area contributed by atoms with E-state index in [1.165, 1.54) is 35.0 Å². The number of benzene rings is 1. The zero-order valence-electron chi connectivity index (χ0n) is 15.6. The average molecular weight is 402 g/mol. The fraction of sp³-hybridized carbons (Fsp3) is 0.150. The molecule has 0 saturated heterocycles. The molecule has 0 aliphatic heterocycles. The number of amides is 1. The maximum absolute atomic E-state index is 12.9. The van der Waals surface area contributed by atoms with Crippen LogP contribution >= 0.6 is 0 Å². The van der Waals surface area contributed by atoms with Gasteiger partial charge in [-0.1, -0.05) is 6.07 Å². The van der Waals surface area contributed by atoms with Crippen LogP contribution in [0.5, 0.6) is 0 Å². The molecule has 0 fully saturated rings. The number of hydrogen-bond donors (Lipinski definition) is 1. The number of nitrogens with zero attached hydrogens (tertiary/aromatic N) is 3. The number of aryl methyl sites for hydroxylation is 1. The number of anilines is 3. The third-order valence-electron chi connectivity index (χ3n) is 4.25. The highest BCUT2D eigenvalue weighted by molar-refractivity contribution is 6.08. The van der Waals surface area contributed by atoms with E-state index in [1.54, 1.807) is 37.3 Å². The molecule has 0 aliphatic carbocycles. The maximum Gasteiger partial charge on any atom is 0.416 e. The van der Waals surface area contributed by atoms with Crippen molar-refractivity contribution in [3.8, 4) is 0 Å². The molecule has 2 aromatic heterocycles. The first kappa shape index (κ1) is 20.1. The highest BCUT2D eigenvalue weighted by Gasteiger charge is 2.30.